The van der Waals surface area contributed by atoms with Crippen LogP contribution in [0, 0.1) is 0 Å². The van der Waals surface area contributed by atoms with Crippen molar-refractivity contribution >= 4 is 101 Å². The Labute approximate surface area is 521 Å². The van der Waals surface area contributed by atoms with Crippen molar-refractivity contribution in [3.63, 3.8) is 0 Å². The van der Waals surface area contributed by atoms with Gasteiger partial charge in [0.1, 0.15) is 23.0 Å². The number of fused-ring (bicyclic) bond motifs is 13. The number of benzene rings is 11. The molecule has 0 atom stereocenters. The van der Waals surface area contributed by atoms with Gasteiger partial charge in [-0.25, -0.2) is 0 Å². The Balaban J connectivity index is 0.936. The summed E-state index contributed by atoms with van der Waals surface area (Å²) in [5, 5.41) is 4.81. The zero-order valence-corrected chi connectivity index (χ0v) is 51.0. The summed E-state index contributed by atoms with van der Waals surface area (Å²) in [5.41, 5.74) is 16.3. The standard InChI is InChI=1S/C79H62N4O3S2/c1-7-69-77(8-2)86-78-24-18-17-23-70(78)79(69)71-47-55(82(51-25-33-57(84-5)34-26-51)53-31-41-73-65(45-53)67-49-61(37-43-75(67)80(73)9-3)87-59-19-13-11-14-20-59)29-39-63(71)64-40-30-56(48-72(64)79)83(52-27-35-58(85-6)36-28-52)54-32-42-74-66(46-54)68-50-62(38-44-76(68)81(74)10-4)88-60-21-15-12-16-22-60/h7-8,11-50H,1-2,9-10H2,3-6H3. The lowest BCUT2D eigenvalue weighted by molar-refractivity contribution is 0.403. The van der Waals surface area contributed by atoms with Crippen LogP contribution in [0.4, 0.5) is 34.1 Å². The molecule has 428 valence electrons. The zero-order valence-electron chi connectivity index (χ0n) is 49.4. The third-order valence-corrected chi connectivity index (χ3v) is 19.6. The van der Waals surface area contributed by atoms with Crippen molar-refractivity contribution < 1.29 is 14.2 Å². The van der Waals surface area contributed by atoms with Crippen LogP contribution >= 0.6 is 23.5 Å². The molecule has 3 heterocycles. The topological polar surface area (TPSA) is 44.0 Å². The fourth-order valence-corrected chi connectivity index (χ4v) is 15.5. The first-order valence-corrected chi connectivity index (χ1v) is 31.5. The smallest absolute Gasteiger partial charge is 0.132 e. The summed E-state index contributed by atoms with van der Waals surface area (Å²) >= 11 is 3.58. The highest BCUT2D eigenvalue weighted by Gasteiger charge is 2.52. The average Bonchev–Trinajstić information content (AvgIpc) is 1.50. The van der Waals surface area contributed by atoms with Crippen LogP contribution in [0.3, 0.4) is 0 Å². The lowest BCUT2D eigenvalue weighted by Gasteiger charge is -2.40. The van der Waals surface area contributed by atoms with E-state index in [1.165, 1.54) is 63.2 Å². The van der Waals surface area contributed by atoms with Crippen LogP contribution in [-0.4, -0.2) is 23.4 Å². The van der Waals surface area contributed by atoms with Gasteiger partial charge < -0.3 is 33.1 Å². The van der Waals surface area contributed by atoms with Crippen LogP contribution < -0.4 is 24.0 Å². The van der Waals surface area contributed by atoms with Gasteiger partial charge in [0.2, 0.25) is 0 Å². The Morgan fingerprint density at radius 3 is 1.24 bits per heavy atom. The van der Waals surface area contributed by atoms with Crippen molar-refractivity contribution in [2.75, 3.05) is 24.0 Å². The van der Waals surface area contributed by atoms with E-state index in [1.54, 1.807) is 37.7 Å². The molecule has 9 heteroatoms. The number of rotatable bonds is 16. The highest BCUT2D eigenvalue weighted by atomic mass is 32.2. The minimum absolute atomic E-state index is 0.660. The largest absolute Gasteiger partial charge is 0.497 e. The van der Waals surface area contributed by atoms with E-state index in [0.29, 0.717) is 5.76 Å². The summed E-state index contributed by atoms with van der Waals surface area (Å²) in [5.74, 6) is 2.99. The molecular formula is C79H62N4O3S2. The van der Waals surface area contributed by atoms with Crippen molar-refractivity contribution in [1.82, 2.24) is 9.13 Å². The summed E-state index contributed by atoms with van der Waals surface area (Å²) in [6.45, 7) is 15.1. The highest BCUT2D eigenvalue weighted by molar-refractivity contribution is 7.99. The van der Waals surface area contributed by atoms with E-state index < -0.39 is 5.41 Å². The Hall–Kier alpha value is -10.1. The van der Waals surface area contributed by atoms with Gasteiger partial charge in [-0.1, -0.05) is 109 Å². The molecule has 7 nitrogen and oxygen atoms in total. The van der Waals surface area contributed by atoms with Gasteiger partial charge >= 0.3 is 0 Å². The van der Waals surface area contributed by atoms with E-state index in [0.717, 1.165) is 97.9 Å². The highest BCUT2D eigenvalue weighted by Crippen LogP contribution is 2.62. The molecule has 1 spiro atoms. The number of aryl methyl sites for hydroxylation is 2. The number of ether oxygens (including phenoxy) is 3. The molecule has 0 bridgehead atoms. The summed E-state index contributed by atoms with van der Waals surface area (Å²) < 4.78 is 23.3. The van der Waals surface area contributed by atoms with E-state index in [2.05, 4.69) is 264 Å². The van der Waals surface area contributed by atoms with Gasteiger partial charge in [-0.2, -0.15) is 0 Å². The van der Waals surface area contributed by atoms with E-state index in [1.807, 2.05) is 36.4 Å². The first-order chi connectivity index (χ1) is 43.3. The summed E-state index contributed by atoms with van der Waals surface area (Å²) in [6, 6.07) is 88.1. The Bertz CT molecular complexity index is 4660. The number of methoxy groups -OCH3 is 2. The zero-order chi connectivity index (χ0) is 59.6. The fourth-order valence-electron chi connectivity index (χ4n) is 13.8. The van der Waals surface area contributed by atoms with Gasteiger partial charge in [-0.15, -0.1) is 0 Å². The summed E-state index contributed by atoms with van der Waals surface area (Å²) in [6.07, 6.45) is 3.82. The fraction of sp³-hybridized carbons (Fsp3) is 0.0886. The molecular weight excluding hydrogens is 1120 g/mol. The third-order valence-electron chi connectivity index (χ3n) is 17.6. The predicted octanol–water partition coefficient (Wildman–Crippen LogP) is 21.5. The van der Waals surface area contributed by atoms with Crippen LogP contribution in [0.2, 0.25) is 0 Å². The summed E-state index contributed by atoms with van der Waals surface area (Å²) in [7, 11) is 3.43. The molecule has 0 N–H and O–H groups in total. The Morgan fingerprint density at radius 1 is 0.409 bits per heavy atom. The van der Waals surface area contributed by atoms with E-state index in [9.17, 15) is 0 Å². The number of hydrogen-bond acceptors (Lipinski definition) is 7. The second-order valence-electron chi connectivity index (χ2n) is 22.1. The van der Waals surface area contributed by atoms with Crippen LogP contribution in [0.1, 0.15) is 30.5 Å². The molecule has 1 aliphatic heterocycles. The molecule has 1 aliphatic carbocycles. The van der Waals surface area contributed by atoms with Crippen molar-refractivity contribution in [3.8, 4) is 28.4 Å². The van der Waals surface area contributed by atoms with E-state index in [-0.39, 0.29) is 0 Å². The maximum atomic E-state index is 6.87. The maximum Gasteiger partial charge on any atom is 0.132 e. The number of hydrogen-bond donors (Lipinski definition) is 0. The number of aromatic nitrogens is 2. The SMILES string of the molecule is C=CC1=C(C=C)C2(c3ccccc3O1)c1cc(N(c3ccc(OC)cc3)c3ccc4c(c3)c3cc(Sc5ccccc5)ccc3n4CC)ccc1-c1ccc(N(c3ccc(OC)cc3)c3ccc4c(c3)c3cc(Sc5ccccc5)ccc3n4CC)cc12. The van der Waals surface area contributed by atoms with Crippen LogP contribution in [0.5, 0.6) is 17.2 Å². The monoisotopic (exact) mass is 1180 g/mol. The first kappa shape index (κ1) is 54.6. The molecule has 13 aromatic rings. The molecule has 2 aliphatic rings. The molecule has 0 radical (unpaired) electrons. The Kier molecular flexibility index (Phi) is 13.9. The summed E-state index contributed by atoms with van der Waals surface area (Å²) in [4.78, 5) is 9.57. The number of nitrogens with zero attached hydrogens (tertiary/aromatic N) is 4. The van der Waals surface area contributed by atoms with Gasteiger partial charge in [-0.3, -0.25) is 0 Å². The number of allylic oxidation sites excluding steroid dienone is 3. The van der Waals surface area contributed by atoms with Gasteiger partial charge in [0.25, 0.3) is 0 Å². The van der Waals surface area contributed by atoms with Gasteiger partial charge in [0.15, 0.2) is 0 Å². The lowest BCUT2D eigenvalue weighted by atomic mass is 9.65. The minimum Gasteiger partial charge on any atom is -0.497 e. The van der Waals surface area contributed by atoms with Gasteiger partial charge in [0, 0.05) is 122 Å². The van der Waals surface area contributed by atoms with E-state index >= 15 is 0 Å². The van der Waals surface area contributed by atoms with Gasteiger partial charge in [0.05, 0.1) is 19.6 Å². The second kappa shape index (κ2) is 22.3. The number of para-hydroxylation sites is 1. The molecule has 15 rings (SSSR count). The van der Waals surface area contributed by atoms with Crippen LogP contribution in [0.25, 0.3) is 54.7 Å². The molecule has 0 saturated carbocycles. The van der Waals surface area contributed by atoms with Crippen molar-refractivity contribution in [2.24, 2.45) is 0 Å². The van der Waals surface area contributed by atoms with Crippen LogP contribution in [0.15, 0.2) is 299 Å². The van der Waals surface area contributed by atoms with Crippen molar-refractivity contribution in [3.05, 3.63) is 296 Å². The lowest BCUT2D eigenvalue weighted by Crippen LogP contribution is -2.34. The first-order valence-electron chi connectivity index (χ1n) is 29.8. The minimum atomic E-state index is -0.912. The Morgan fingerprint density at radius 2 is 0.807 bits per heavy atom. The maximum absolute atomic E-state index is 6.87. The third kappa shape index (κ3) is 8.90. The van der Waals surface area contributed by atoms with Crippen LogP contribution in [-0.2, 0) is 18.5 Å². The second-order valence-corrected chi connectivity index (χ2v) is 24.4. The molecule has 0 amide bonds. The average molecular weight is 1180 g/mol. The molecule has 0 unspecified atom stereocenters. The quantitative estimate of drug-likeness (QED) is 0.0955. The number of anilines is 6. The molecule has 2 aromatic heterocycles. The van der Waals surface area contributed by atoms with Gasteiger partial charge in [-0.05, 0) is 218 Å². The van der Waals surface area contributed by atoms with Crippen molar-refractivity contribution in [2.45, 2.75) is 51.9 Å². The normalized spacial score (nSPS) is 13.0. The molecule has 0 saturated heterocycles. The molecule has 88 heavy (non-hydrogen) atoms. The van der Waals surface area contributed by atoms with Crippen molar-refractivity contribution in [1.29, 1.82) is 0 Å². The van der Waals surface area contributed by atoms with E-state index in [4.69, 9.17) is 14.2 Å². The molecule has 0 fully saturated rings. The molecule has 11 aromatic carbocycles. The predicted molar refractivity (Wildman–Crippen MR) is 367 cm³/mol.